The lowest BCUT2D eigenvalue weighted by atomic mass is 10.0. The fraction of sp³-hybridized carbons (Fsp3) is 0.385. The van der Waals surface area contributed by atoms with Crippen molar-refractivity contribution in [2.45, 2.75) is 24.1 Å². The van der Waals surface area contributed by atoms with Crippen LogP contribution in [-0.2, 0) is 0 Å². The first-order chi connectivity index (χ1) is 8.79. The number of halogens is 1. The molecule has 0 saturated carbocycles. The predicted octanol–water partition coefficient (Wildman–Crippen LogP) is 3.44. The van der Waals surface area contributed by atoms with Crippen LogP contribution in [0.25, 0.3) is 0 Å². The number of rotatable bonds is 3. The molecule has 1 aromatic heterocycles. The van der Waals surface area contributed by atoms with Gasteiger partial charge in [-0.25, -0.2) is 0 Å². The van der Waals surface area contributed by atoms with E-state index in [9.17, 15) is 0 Å². The Morgan fingerprint density at radius 3 is 3.11 bits per heavy atom. The monoisotopic (exact) mass is 308 g/mol. The highest BCUT2D eigenvalue weighted by molar-refractivity contribution is 9.09. The Balaban J connectivity index is 1.91. The zero-order chi connectivity index (χ0) is 12.5. The molecule has 18 heavy (non-hydrogen) atoms. The fourth-order valence-electron chi connectivity index (χ4n) is 2.07. The van der Waals surface area contributed by atoms with Crippen LogP contribution in [0.4, 0.5) is 0 Å². The summed E-state index contributed by atoms with van der Waals surface area (Å²) in [6.07, 6.45) is 0.916. The summed E-state index contributed by atoms with van der Waals surface area (Å²) in [6, 6.07) is 7.99. The molecule has 2 heterocycles. The number of aromatic nitrogens is 2. The molecule has 0 aliphatic carbocycles. The van der Waals surface area contributed by atoms with Crippen LogP contribution in [0.5, 0.6) is 5.75 Å². The molecule has 1 aliphatic heterocycles. The van der Waals surface area contributed by atoms with Crippen molar-refractivity contribution in [3.63, 3.8) is 0 Å². The lowest BCUT2D eigenvalue weighted by Gasteiger charge is -2.01. The van der Waals surface area contributed by atoms with Gasteiger partial charge >= 0.3 is 0 Å². The summed E-state index contributed by atoms with van der Waals surface area (Å²) >= 11 is 3.51. The van der Waals surface area contributed by atoms with E-state index in [1.807, 2.05) is 18.2 Å². The van der Waals surface area contributed by atoms with Crippen LogP contribution in [0.1, 0.15) is 41.4 Å². The number of hydrogen-bond donors (Lipinski definition) is 0. The molecule has 0 N–H and O–H groups in total. The fourth-order valence-corrected chi connectivity index (χ4v) is 2.25. The summed E-state index contributed by atoms with van der Waals surface area (Å²) in [4.78, 5) is 4.58. The summed E-state index contributed by atoms with van der Waals surface area (Å²) < 4.78 is 10.9. The van der Waals surface area contributed by atoms with Crippen LogP contribution in [0, 0.1) is 0 Å². The molecule has 0 radical (unpaired) electrons. The van der Waals surface area contributed by atoms with E-state index in [1.165, 1.54) is 0 Å². The van der Waals surface area contributed by atoms with Crippen LogP contribution in [0.15, 0.2) is 28.8 Å². The van der Waals surface area contributed by atoms with Crippen molar-refractivity contribution >= 4 is 15.9 Å². The van der Waals surface area contributed by atoms with Gasteiger partial charge in [0.2, 0.25) is 5.89 Å². The van der Waals surface area contributed by atoms with Crippen LogP contribution in [0.2, 0.25) is 0 Å². The van der Waals surface area contributed by atoms with Gasteiger partial charge in [-0.15, -0.1) is 0 Å². The van der Waals surface area contributed by atoms with Crippen molar-refractivity contribution < 1.29 is 9.26 Å². The van der Waals surface area contributed by atoms with E-state index < -0.39 is 0 Å². The minimum atomic E-state index is 0.0789. The number of hydrogen-bond acceptors (Lipinski definition) is 4. The Labute approximate surface area is 113 Å². The third-order valence-corrected chi connectivity index (χ3v) is 4.13. The van der Waals surface area contributed by atoms with Gasteiger partial charge < -0.3 is 9.26 Å². The van der Waals surface area contributed by atoms with Crippen molar-refractivity contribution in [3.8, 4) is 5.75 Å². The van der Waals surface area contributed by atoms with Gasteiger partial charge in [0.05, 0.1) is 10.7 Å². The van der Waals surface area contributed by atoms with E-state index in [-0.39, 0.29) is 10.7 Å². The topological polar surface area (TPSA) is 48.2 Å². The van der Waals surface area contributed by atoms with Crippen LogP contribution < -0.4 is 4.74 Å². The molecule has 0 spiro atoms. The van der Waals surface area contributed by atoms with Crippen LogP contribution in [0.3, 0.4) is 0 Å². The predicted molar refractivity (Wildman–Crippen MR) is 70.0 cm³/mol. The van der Waals surface area contributed by atoms with Gasteiger partial charge in [0.15, 0.2) is 5.82 Å². The Morgan fingerprint density at radius 1 is 1.44 bits per heavy atom. The minimum absolute atomic E-state index is 0.0789. The molecule has 0 fully saturated rings. The van der Waals surface area contributed by atoms with E-state index in [0.717, 1.165) is 17.7 Å². The van der Waals surface area contributed by atoms with Crippen LogP contribution in [-0.4, -0.2) is 16.7 Å². The molecule has 1 aliphatic rings. The maximum Gasteiger partial charge on any atom is 0.240 e. The van der Waals surface area contributed by atoms with Crippen molar-refractivity contribution in [2.75, 3.05) is 6.61 Å². The first-order valence-electron chi connectivity index (χ1n) is 5.99. The molecular weight excluding hydrogens is 296 g/mol. The highest BCUT2D eigenvalue weighted by atomic mass is 79.9. The lowest BCUT2D eigenvalue weighted by Crippen LogP contribution is -2.04. The van der Waals surface area contributed by atoms with E-state index in [2.05, 4.69) is 39.1 Å². The maximum atomic E-state index is 5.63. The minimum Gasteiger partial charge on any atom is -0.492 e. The molecule has 0 bridgehead atoms. The van der Waals surface area contributed by atoms with Gasteiger partial charge in [0.1, 0.15) is 12.4 Å². The molecule has 94 valence electrons. The van der Waals surface area contributed by atoms with Gasteiger partial charge in [-0.3, -0.25) is 0 Å². The Morgan fingerprint density at radius 2 is 2.28 bits per heavy atom. The van der Waals surface area contributed by atoms with Crippen molar-refractivity contribution in [3.05, 3.63) is 41.5 Å². The normalized spacial score (nSPS) is 19.3. The lowest BCUT2D eigenvalue weighted by molar-refractivity contribution is 0.331. The van der Waals surface area contributed by atoms with E-state index >= 15 is 0 Å². The molecule has 2 aromatic rings. The number of nitrogens with zero attached hydrogens (tertiary/aromatic N) is 2. The highest BCUT2D eigenvalue weighted by Crippen LogP contribution is 2.37. The summed E-state index contributed by atoms with van der Waals surface area (Å²) in [5, 5.41) is 4.07. The van der Waals surface area contributed by atoms with Crippen LogP contribution >= 0.6 is 15.9 Å². The third kappa shape index (κ3) is 1.92. The molecule has 1 aromatic carbocycles. The molecule has 0 saturated heterocycles. The standard InChI is InChI=1S/C13H13BrN2O2/c1-2-10(14)13-15-12(16-18-13)9-7-17-11-6-4-3-5-8(9)11/h3-6,9-10H,2,7H2,1H3. The second-order valence-corrected chi connectivity index (χ2v) is 5.37. The SMILES string of the molecule is CCC(Br)c1nc(C2COc3ccccc32)no1. The number of benzene rings is 1. The molecule has 3 rings (SSSR count). The summed E-state index contributed by atoms with van der Waals surface area (Å²) in [5.41, 5.74) is 1.13. The quantitative estimate of drug-likeness (QED) is 0.815. The van der Waals surface area contributed by atoms with E-state index in [1.54, 1.807) is 0 Å². The van der Waals surface area contributed by atoms with Gasteiger partial charge in [-0.1, -0.05) is 46.2 Å². The summed E-state index contributed by atoms with van der Waals surface area (Å²) in [7, 11) is 0. The van der Waals surface area contributed by atoms with E-state index in [4.69, 9.17) is 9.26 Å². The molecule has 4 nitrogen and oxygen atoms in total. The van der Waals surface area contributed by atoms with Gasteiger partial charge in [0.25, 0.3) is 0 Å². The van der Waals surface area contributed by atoms with Crippen molar-refractivity contribution in [1.82, 2.24) is 10.1 Å². The number of para-hydroxylation sites is 1. The van der Waals surface area contributed by atoms with E-state index in [0.29, 0.717) is 18.3 Å². The third-order valence-electron chi connectivity index (χ3n) is 3.10. The molecule has 2 unspecified atom stereocenters. The Hall–Kier alpha value is -1.36. The number of fused-ring (bicyclic) bond motifs is 1. The Kier molecular flexibility index (Phi) is 3.07. The second kappa shape index (κ2) is 4.72. The smallest absolute Gasteiger partial charge is 0.240 e. The zero-order valence-corrected chi connectivity index (χ0v) is 11.6. The zero-order valence-electron chi connectivity index (χ0n) is 9.97. The van der Waals surface area contributed by atoms with Crippen molar-refractivity contribution in [1.29, 1.82) is 0 Å². The average Bonchev–Trinajstić information content (AvgIpc) is 3.03. The number of alkyl halides is 1. The number of ether oxygens (including phenoxy) is 1. The van der Waals surface area contributed by atoms with Crippen molar-refractivity contribution in [2.24, 2.45) is 0 Å². The molecule has 5 heteroatoms. The Bertz CT molecular complexity index is 555. The first kappa shape index (κ1) is 11.7. The highest BCUT2D eigenvalue weighted by Gasteiger charge is 2.30. The molecular formula is C13H13BrN2O2. The second-order valence-electron chi connectivity index (χ2n) is 4.27. The summed E-state index contributed by atoms with van der Waals surface area (Å²) in [5.74, 6) is 2.33. The maximum absolute atomic E-state index is 5.63. The van der Waals surface area contributed by atoms with Gasteiger partial charge in [0, 0.05) is 5.56 Å². The average molecular weight is 309 g/mol. The summed E-state index contributed by atoms with van der Waals surface area (Å²) in [6.45, 7) is 2.65. The van der Waals surface area contributed by atoms with Gasteiger partial charge in [-0.05, 0) is 12.5 Å². The largest absolute Gasteiger partial charge is 0.492 e. The first-order valence-corrected chi connectivity index (χ1v) is 6.90. The van der Waals surface area contributed by atoms with Gasteiger partial charge in [-0.2, -0.15) is 4.98 Å². The molecule has 2 atom stereocenters. The molecule has 0 amide bonds.